The quantitative estimate of drug-likeness (QED) is 0.707. The number of carboxylic acids is 1. The molecule has 0 radical (unpaired) electrons. The highest BCUT2D eigenvalue weighted by atomic mass is 16.4. The Morgan fingerprint density at radius 3 is 2.69 bits per heavy atom. The Kier molecular flexibility index (Phi) is 1.50. The summed E-state index contributed by atoms with van der Waals surface area (Å²) in [6, 6.07) is 0. The molecule has 3 rings (SSSR count). The minimum absolute atomic E-state index is 0.443. The highest BCUT2D eigenvalue weighted by Gasteiger charge is 2.57. The second kappa shape index (κ2) is 2.49. The van der Waals surface area contributed by atoms with E-state index in [9.17, 15) is 4.79 Å². The molecule has 0 aromatic heterocycles. The third-order valence-corrected chi connectivity index (χ3v) is 4.73. The van der Waals surface area contributed by atoms with E-state index in [2.05, 4.69) is 0 Å². The Hall–Kier alpha value is -0.530. The van der Waals surface area contributed by atoms with Gasteiger partial charge in [0.2, 0.25) is 0 Å². The maximum Gasteiger partial charge on any atom is 0.303 e. The number of aliphatic carboxylic acids is 1. The highest BCUT2D eigenvalue weighted by molar-refractivity contribution is 5.67. The first-order valence-corrected chi connectivity index (χ1v) is 5.47. The third-order valence-electron chi connectivity index (χ3n) is 4.73. The number of carboxylic acid groups (broad SMARTS) is 1. The summed E-state index contributed by atoms with van der Waals surface area (Å²) in [5, 5.41) is 8.80. The second-order valence-electron chi connectivity index (χ2n) is 5.17. The molecular formula is C11H16O2. The van der Waals surface area contributed by atoms with Gasteiger partial charge in [0.15, 0.2) is 0 Å². The lowest BCUT2D eigenvalue weighted by Crippen LogP contribution is -2.44. The highest BCUT2D eigenvalue weighted by Crippen LogP contribution is 2.64. The van der Waals surface area contributed by atoms with Crippen LogP contribution in [0.1, 0.15) is 32.1 Å². The van der Waals surface area contributed by atoms with Crippen LogP contribution in [0.15, 0.2) is 0 Å². The Labute approximate surface area is 78.3 Å². The summed E-state index contributed by atoms with van der Waals surface area (Å²) in [6.07, 6.45) is 5.92. The van der Waals surface area contributed by atoms with Crippen molar-refractivity contribution in [1.29, 1.82) is 0 Å². The van der Waals surface area contributed by atoms with Gasteiger partial charge in [-0.05, 0) is 48.9 Å². The van der Waals surface area contributed by atoms with Crippen LogP contribution in [0.2, 0.25) is 0 Å². The first kappa shape index (κ1) is 7.84. The molecule has 0 spiro atoms. The summed E-state index contributed by atoms with van der Waals surface area (Å²) in [6.45, 7) is 0. The summed E-state index contributed by atoms with van der Waals surface area (Å²) >= 11 is 0. The lowest BCUT2D eigenvalue weighted by Gasteiger charge is -2.49. The normalized spacial score (nSPS) is 51.5. The van der Waals surface area contributed by atoms with Gasteiger partial charge in [-0.2, -0.15) is 0 Å². The van der Waals surface area contributed by atoms with Crippen molar-refractivity contribution in [3.8, 4) is 0 Å². The topological polar surface area (TPSA) is 37.3 Å². The van der Waals surface area contributed by atoms with Crippen LogP contribution in [-0.4, -0.2) is 11.1 Å². The number of fused-ring (bicyclic) bond motifs is 1. The maximum atomic E-state index is 10.7. The molecule has 2 heteroatoms. The molecule has 1 unspecified atom stereocenters. The van der Waals surface area contributed by atoms with E-state index in [-0.39, 0.29) is 0 Å². The van der Waals surface area contributed by atoms with E-state index in [1.807, 2.05) is 0 Å². The summed E-state index contributed by atoms with van der Waals surface area (Å²) in [7, 11) is 0. The van der Waals surface area contributed by atoms with E-state index < -0.39 is 5.97 Å². The van der Waals surface area contributed by atoms with Crippen molar-refractivity contribution in [1.82, 2.24) is 0 Å². The fourth-order valence-electron chi connectivity index (χ4n) is 4.29. The molecule has 1 N–H and O–H groups in total. The molecule has 0 saturated heterocycles. The SMILES string of the molecule is O=C(O)CC1[C@H]2CC[C@@H]3C[C@H]2[C@H]1C3. The van der Waals surface area contributed by atoms with Crippen LogP contribution in [0.3, 0.4) is 0 Å². The first-order chi connectivity index (χ1) is 6.25. The minimum Gasteiger partial charge on any atom is -0.481 e. The molecule has 2 bridgehead atoms. The van der Waals surface area contributed by atoms with Crippen molar-refractivity contribution in [3.63, 3.8) is 0 Å². The Morgan fingerprint density at radius 1 is 1.15 bits per heavy atom. The Balaban J connectivity index is 1.75. The Morgan fingerprint density at radius 2 is 1.92 bits per heavy atom. The van der Waals surface area contributed by atoms with E-state index >= 15 is 0 Å². The summed E-state index contributed by atoms with van der Waals surface area (Å²) in [5.41, 5.74) is 0. The van der Waals surface area contributed by atoms with Gasteiger partial charge in [0.05, 0.1) is 0 Å². The largest absolute Gasteiger partial charge is 0.481 e. The molecule has 3 aliphatic carbocycles. The van der Waals surface area contributed by atoms with Crippen LogP contribution in [0, 0.1) is 29.6 Å². The minimum atomic E-state index is -0.584. The number of carbonyl (C=O) groups is 1. The lowest BCUT2D eigenvalue weighted by atomic mass is 9.55. The van der Waals surface area contributed by atoms with Gasteiger partial charge in [-0.15, -0.1) is 0 Å². The molecule has 2 nitrogen and oxygen atoms in total. The van der Waals surface area contributed by atoms with Gasteiger partial charge in [-0.1, -0.05) is 6.42 Å². The van der Waals surface area contributed by atoms with Gasteiger partial charge < -0.3 is 5.11 Å². The van der Waals surface area contributed by atoms with E-state index in [1.165, 1.54) is 25.7 Å². The predicted octanol–water partition coefficient (Wildman–Crippen LogP) is 2.14. The van der Waals surface area contributed by atoms with Crippen LogP contribution in [0.4, 0.5) is 0 Å². The molecular weight excluding hydrogens is 164 g/mol. The third kappa shape index (κ3) is 0.976. The zero-order chi connectivity index (χ0) is 9.00. The van der Waals surface area contributed by atoms with Crippen LogP contribution in [0.5, 0.6) is 0 Å². The van der Waals surface area contributed by atoms with Crippen LogP contribution in [0.25, 0.3) is 0 Å². The molecule has 5 atom stereocenters. The molecule has 0 aromatic carbocycles. The van der Waals surface area contributed by atoms with Gasteiger partial charge in [-0.3, -0.25) is 4.79 Å². The standard InChI is InChI=1S/C11H16O2/c12-11(13)5-10-7-2-1-6-3-8(7)9(10)4-6/h6-10H,1-5H2,(H,12,13)/t6-,7+,8-,9-,10?/m1/s1. The first-order valence-electron chi connectivity index (χ1n) is 5.47. The maximum absolute atomic E-state index is 10.7. The van der Waals surface area contributed by atoms with E-state index in [1.54, 1.807) is 0 Å². The monoisotopic (exact) mass is 180 g/mol. The fourth-order valence-corrected chi connectivity index (χ4v) is 4.29. The molecule has 3 fully saturated rings. The summed E-state index contributed by atoms with van der Waals surface area (Å²) < 4.78 is 0. The van der Waals surface area contributed by atoms with Gasteiger partial charge in [0, 0.05) is 6.42 Å². The van der Waals surface area contributed by atoms with Crippen molar-refractivity contribution in [3.05, 3.63) is 0 Å². The molecule has 0 amide bonds. The zero-order valence-electron chi connectivity index (χ0n) is 7.78. The molecule has 3 aliphatic rings. The van der Waals surface area contributed by atoms with Gasteiger partial charge in [0.25, 0.3) is 0 Å². The van der Waals surface area contributed by atoms with Crippen molar-refractivity contribution in [2.45, 2.75) is 32.1 Å². The summed E-state index contributed by atoms with van der Waals surface area (Å²) in [5.74, 6) is 3.45. The number of hydrogen-bond acceptors (Lipinski definition) is 1. The molecule has 72 valence electrons. The van der Waals surface area contributed by atoms with E-state index in [0.29, 0.717) is 12.3 Å². The van der Waals surface area contributed by atoms with E-state index in [0.717, 1.165) is 23.7 Å². The van der Waals surface area contributed by atoms with Crippen molar-refractivity contribution >= 4 is 5.97 Å². The zero-order valence-corrected chi connectivity index (χ0v) is 7.78. The fraction of sp³-hybridized carbons (Fsp3) is 0.909. The van der Waals surface area contributed by atoms with Crippen LogP contribution < -0.4 is 0 Å². The predicted molar refractivity (Wildman–Crippen MR) is 48.2 cm³/mol. The Bertz CT molecular complexity index is 242. The van der Waals surface area contributed by atoms with Crippen LogP contribution >= 0.6 is 0 Å². The number of hydrogen-bond donors (Lipinski definition) is 1. The van der Waals surface area contributed by atoms with Gasteiger partial charge in [0.1, 0.15) is 0 Å². The molecule has 3 saturated carbocycles. The summed E-state index contributed by atoms with van der Waals surface area (Å²) in [4.78, 5) is 10.7. The molecule has 13 heavy (non-hydrogen) atoms. The van der Waals surface area contributed by atoms with Crippen molar-refractivity contribution < 1.29 is 9.90 Å². The van der Waals surface area contributed by atoms with Crippen LogP contribution in [-0.2, 0) is 4.79 Å². The van der Waals surface area contributed by atoms with Gasteiger partial charge >= 0.3 is 5.97 Å². The molecule has 0 heterocycles. The smallest absolute Gasteiger partial charge is 0.303 e. The molecule has 0 aromatic rings. The second-order valence-corrected chi connectivity index (χ2v) is 5.17. The van der Waals surface area contributed by atoms with E-state index in [4.69, 9.17) is 5.11 Å². The van der Waals surface area contributed by atoms with Crippen molar-refractivity contribution in [2.75, 3.05) is 0 Å². The average Bonchev–Trinajstić information content (AvgIpc) is 2.26. The lowest BCUT2D eigenvalue weighted by molar-refractivity contribution is -0.142. The van der Waals surface area contributed by atoms with Gasteiger partial charge in [-0.25, -0.2) is 0 Å². The van der Waals surface area contributed by atoms with Crippen molar-refractivity contribution in [2.24, 2.45) is 29.6 Å². The number of rotatable bonds is 2. The molecule has 0 aliphatic heterocycles. The average molecular weight is 180 g/mol.